The first-order valence-corrected chi connectivity index (χ1v) is 5.66. The molecule has 104 valence electrons. The Morgan fingerprint density at radius 3 is 2.70 bits per heavy atom. The highest BCUT2D eigenvalue weighted by Gasteiger charge is 2.15. The number of nitro groups is 1. The fraction of sp³-hybridized carbons (Fsp3) is 0.0769. The highest BCUT2D eigenvalue weighted by atomic mass is 19.1. The Labute approximate surface area is 113 Å². The number of nitrogens with one attached hydrogen (secondary N) is 1. The van der Waals surface area contributed by atoms with Crippen molar-refractivity contribution in [2.75, 3.05) is 5.32 Å². The van der Waals surface area contributed by atoms with Gasteiger partial charge in [-0.3, -0.25) is 10.1 Å². The van der Waals surface area contributed by atoms with Crippen LogP contribution in [0.15, 0.2) is 36.4 Å². The van der Waals surface area contributed by atoms with Gasteiger partial charge in [0.05, 0.1) is 11.0 Å². The van der Waals surface area contributed by atoms with Gasteiger partial charge in [-0.05, 0) is 18.2 Å². The van der Waals surface area contributed by atoms with Gasteiger partial charge in [-0.15, -0.1) is 0 Å². The second kappa shape index (κ2) is 5.43. The van der Waals surface area contributed by atoms with Crippen LogP contribution in [0.4, 0.5) is 15.8 Å². The SMILES string of the molecule is O=[N+]([O-])c1cc(O)ccc1NCc1cccc(F)c1O. The zero-order chi connectivity index (χ0) is 14.7. The Balaban J connectivity index is 2.23. The van der Waals surface area contributed by atoms with Crippen molar-refractivity contribution < 1.29 is 19.5 Å². The molecule has 0 atom stereocenters. The quantitative estimate of drug-likeness (QED) is 0.454. The highest BCUT2D eigenvalue weighted by molar-refractivity contribution is 5.64. The summed E-state index contributed by atoms with van der Waals surface area (Å²) < 4.78 is 13.1. The number of halogens is 1. The molecule has 7 heteroatoms. The number of hydrogen-bond donors (Lipinski definition) is 3. The summed E-state index contributed by atoms with van der Waals surface area (Å²) in [6, 6.07) is 7.68. The second-order valence-corrected chi connectivity index (χ2v) is 4.06. The van der Waals surface area contributed by atoms with Crippen molar-refractivity contribution in [3.63, 3.8) is 0 Å². The fourth-order valence-corrected chi connectivity index (χ4v) is 1.71. The number of aromatic hydroxyl groups is 2. The number of rotatable bonds is 4. The molecule has 0 aliphatic heterocycles. The number of phenolic OH excluding ortho intramolecular Hbond substituents is 2. The van der Waals surface area contributed by atoms with Crippen LogP contribution in [0.1, 0.15) is 5.56 Å². The summed E-state index contributed by atoms with van der Waals surface area (Å²) >= 11 is 0. The third-order valence-corrected chi connectivity index (χ3v) is 2.72. The first-order chi connectivity index (χ1) is 9.49. The summed E-state index contributed by atoms with van der Waals surface area (Å²) in [6.45, 7) is 0.00914. The number of phenols is 2. The van der Waals surface area contributed by atoms with Crippen molar-refractivity contribution in [3.05, 3.63) is 57.9 Å². The lowest BCUT2D eigenvalue weighted by atomic mass is 10.2. The first kappa shape index (κ1) is 13.6. The molecule has 0 fully saturated rings. The zero-order valence-electron chi connectivity index (χ0n) is 10.2. The predicted molar refractivity (Wildman–Crippen MR) is 70.2 cm³/mol. The molecule has 0 aromatic heterocycles. The van der Waals surface area contributed by atoms with E-state index in [1.807, 2.05) is 0 Å². The molecule has 0 aliphatic rings. The smallest absolute Gasteiger partial charge is 0.296 e. The van der Waals surface area contributed by atoms with E-state index in [1.54, 1.807) is 0 Å². The van der Waals surface area contributed by atoms with E-state index < -0.39 is 16.5 Å². The molecule has 0 amide bonds. The molecule has 2 aromatic carbocycles. The highest BCUT2D eigenvalue weighted by Crippen LogP contribution is 2.29. The predicted octanol–water partition coefficient (Wildman–Crippen LogP) is 2.76. The van der Waals surface area contributed by atoms with E-state index in [9.17, 15) is 24.7 Å². The van der Waals surface area contributed by atoms with Gasteiger partial charge in [0.15, 0.2) is 11.6 Å². The maximum atomic E-state index is 13.1. The third-order valence-electron chi connectivity index (χ3n) is 2.72. The van der Waals surface area contributed by atoms with Gasteiger partial charge in [0.1, 0.15) is 11.4 Å². The largest absolute Gasteiger partial charge is 0.508 e. The second-order valence-electron chi connectivity index (χ2n) is 4.06. The standard InChI is InChI=1S/C13H11FN2O4/c14-10-3-1-2-8(13(10)18)7-15-11-5-4-9(17)6-12(11)16(19)20/h1-6,15,17-18H,7H2. The number of anilines is 1. The Hall–Kier alpha value is -2.83. The minimum Gasteiger partial charge on any atom is -0.508 e. The fourth-order valence-electron chi connectivity index (χ4n) is 1.71. The minimum absolute atomic E-state index is 0.00914. The Morgan fingerprint density at radius 1 is 1.25 bits per heavy atom. The van der Waals surface area contributed by atoms with Crippen LogP contribution in [0, 0.1) is 15.9 Å². The van der Waals surface area contributed by atoms with Gasteiger partial charge in [0.2, 0.25) is 0 Å². The van der Waals surface area contributed by atoms with E-state index in [1.165, 1.54) is 24.3 Å². The molecule has 3 N–H and O–H groups in total. The minimum atomic E-state index is -0.760. The molecule has 0 aliphatic carbocycles. The van der Waals surface area contributed by atoms with Gasteiger partial charge in [0.25, 0.3) is 5.69 Å². The first-order valence-electron chi connectivity index (χ1n) is 5.66. The van der Waals surface area contributed by atoms with Crippen molar-refractivity contribution in [2.45, 2.75) is 6.54 Å². The average molecular weight is 278 g/mol. The molecule has 2 aromatic rings. The van der Waals surface area contributed by atoms with Crippen LogP contribution in [0.3, 0.4) is 0 Å². The van der Waals surface area contributed by atoms with E-state index in [2.05, 4.69) is 5.32 Å². The average Bonchev–Trinajstić information content (AvgIpc) is 2.41. The van der Waals surface area contributed by atoms with Crippen molar-refractivity contribution in [2.24, 2.45) is 0 Å². The van der Waals surface area contributed by atoms with Gasteiger partial charge in [-0.25, -0.2) is 4.39 Å². The molecule has 0 heterocycles. The summed E-state index contributed by atoms with van der Waals surface area (Å²) in [5, 5.41) is 32.3. The van der Waals surface area contributed by atoms with Crippen LogP contribution in [0.25, 0.3) is 0 Å². The number of para-hydroxylation sites is 1. The lowest BCUT2D eigenvalue weighted by Crippen LogP contribution is -2.03. The summed E-state index contributed by atoms with van der Waals surface area (Å²) in [5.41, 5.74) is 0.129. The Morgan fingerprint density at radius 2 is 2.00 bits per heavy atom. The number of benzene rings is 2. The normalized spacial score (nSPS) is 10.2. The molecule has 0 saturated heterocycles. The van der Waals surface area contributed by atoms with Crippen LogP contribution >= 0.6 is 0 Å². The Kier molecular flexibility index (Phi) is 3.69. The van der Waals surface area contributed by atoms with Crippen LogP contribution in [0.5, 0.6) is 11.5 Å². The van der Waals surface area contributed by atoms with E-state index in [-0.39, 0.29) is 29.2 Å². The maximum absolute atomic E-state index is 13.1. The Bertz CT molecular complexity index is 661. The number of hydrogen-bond acceptors (Lipinski definition) is 5. The van der Waals surface area contributed by atoms with Crippen LogP contribution in [-0.2, 0) is 6.54 Å². The molecule has 0 spiro atoms. The van der Waals surface area contributed by atoms with Gasteiger partial charge >= 0.3 is 0 Å². The molecule has 0 bridgehead atoms. The number of nitrogens with zero attached hydrogens (tertiary/aromatic N) is 1. The van der Waals surface area contributed by atoms with E-state index >= 15 is 0 Å². The maximum Gasteiger partial charge on any atom is 0.296 e. The van der Waals surface area contributed by atoms with Crippen molar-refractivity contribution in [1.29, 1.82) is 0 Å². The summed E-state index contributed by atoms with van der Waals surface area (Å²) in [7, 11) is 0. The topological polar surface area (TPSA) is 95.6 Å². The lowest BCUT2D eigenvalue weighted by Gasteiger charge is -2.09. The molecule has 0 saturated carbocycles. The van der Waals surface area contributed by atoms with Gasteiger partial charge in [-0.2, -0.15) is 0 Å². The van der Waals surface area contributed by atoms with E-state index in [4.69, 9.17) is 0 Å². The summed E-state index contributed by atoms with van der Waals surface area (Å²) in [4.78, 5) is 10.2. The van der Waals surface area contributed by atoms with Crippen LogP contribution in [0.2, 0.25) is 0 Å². The van der Waals surface area contributed by atoms with Gasteiger partial charge in [-0.1, -0.05) is 12.1 Å². The van der Waals surface area contributed by atoms with Gasteiger partial charge in [0, 0.05) is 12.1 Å². The molecular weight excluding hydrogens is 267 g/mol. The zero-order valence-corrected chi connectivity index (χ0v) is 10.2. The van der Waals surface area contributed by atoms with Crippen LogP contribution in [-0.4, -0.2) is 15.1 Å². The molecular formula is C13H11FN2O4. The van der Waals surface area contributed by atoms with Crippen molar-refractivity contribution in [1.82, 2.24) is 0 Å². The molecule has 6 nitrogen and oxygen atoms in total. The molecule has 20 heavy (non-hydrogen) atoms. The monoisotopic (exact) mass is 278 g/mol. The summed E-state index contributed by atoms with van der Waals surface area (Å²) in [6.07, 6.45) is 0. The molecule has 0 unspecified atom stereocenters. The van der Waals surface area contributed by atoms with E-state index in [0.29, 0.717) is 0 Å². The van der Waals surface area contributed by atoms with Crippen molar-refractivity contribution >= 4 is 11.4 Å². The van der Waals surface area contributed by atoms with Crippen LogP contribution < -0.4 is 5.32 Å². The van der Waals surface area contributed by atoms with E-state index in [0.717, 1.165) is 12.1 Å². The lowest BCUT2D eigenvalue weighted by molar-refractivity contribution is -0.384. The molecule has 0 radical (unpaired) electrons. The van der Waals surface area contributed by atoms with Crippen molar-refractivity contribution in [3.8, 4) is 11.5 Å². The summed E-state index contributed by atoms with van der Waals surface area (Å²) in [5.74, 6) is -1.48. The van der Waals surface area contributed by atoms with Gasteiger partial charge < -0.3 is 15.5 Å². The molecule has 2 rings (SSSR count). The third kappa shape index (κ3) is 2.77. The number of nitro benzene ring substituents is 1.